The second-order valence-electron chi connectivity index (χ2n) is 5.11. The topological polar surface area (TPSA) is 39.1 Å². The van der Waals surface area contributed by atoms with Crippen LogP contribution in [0.4, 0.5) is 5.69 Å². The summed E-state index contributed by atoms with van der Waals surface area (Å²) in [4.78, 5) is 3.28. The average molecular weight is 285 g/mol. The number of rotatable bonds is 5. The van der Waals surface area contributed by atoms with Gasteiger partial charge in [0, 0.05) is 31.2 Å². The highest BCUT2D eigenvalue weighted by Crippen LogP contribution is 2.23. The number of hydrogen-bond donors (Lipinski definition) is 1. The Balaban J connectivity index is 2.15. The van der Waals surface area contributed by atoms with Gasteiger partial charge in [-0.1, -0.05) is 18.2 Å². The lowest BCUT2D eigenvalue weighted by molar-refractivity contribution is 0.467. The minimum Gasteiger partial charge on any atom is -0.378 e. The van der Waals surface area contributed by atoms with Gasteiger partial charge in [-0.3, -0.25) is 5.32 Å². The van der Waals surface area contributed by atoms with Crippen molar-refractivity contribution >= 4 is 17.0 Å². The highest BCUT2D eigenvalue weighted by molar-refractivity contribution is 7.09. The molecule has 0 radical (unpaired) electrons. The summed E-state index contributed by atoms with van der Waals surface area (Å²) in [5.74, 6) is 0. The first-order valence-electron chi connectivity index (χ1n) is 6.52. The van der Waals surface area contributed by atoms with Gasteiger partial charge in [0.1, 0.15) is 5.54 Å². The summed E-state index contributed by atoms with van der Waals surface area (Å²) in [5.41, 5.74) is 1.45. The molecule has 0 spiro atoms. The van der Waals surface area contributed by atoms with Gasteiger partial charge in [0.25, 0.3) is 0 Å². The smallest absolute Gasteiger partial charge is 0.129 e. The van der Waals surface area contributed by atoms with E-state index in [-0.39, 0.29) is 0 Å². The zero-order valence-corrected chi connectivity index (χ0v) is 12.9. The van der Waals surface area contributed by atoms with E-state index in [1.165, 1.54) is 4.88 Å². The van der Waals surface area contributed by atoms with Gasteiger partial charge in [-0.25, -0.2) is 0 Å². The maximum absolute atomic E-state index is 9.53. The van der Waals surface area contributed by atoms with Gasteiger partial charge in [-0.2, -0.15) is 5.26 Å². The van der Waals surface area contributed by atoms with Gasteiger partial charge < -0.3 is 4.90 Å². The van der Waals surface area contributed by atoms with Gasteiger partial charge in [0.15, 0.2) is 0 Å². The summed E-state index contributed by atoms with van der Waals surface area (Å²) in [5, 5.41) is 14.9. The molecule has 104 valence electrons. The molecule has 1 atom stereocenters. The maximum atomic E-state index is 9.53. The second-order valence-corrected chi connectivity index (χ2v) is 6.14. The Morgan fingerprint density at radius 3 is 2.45 bits per heavy atom. The molecule has 4 heteroatoms. The molecule has 0 bridgehead atoms. The van der Waals surface area contributed by atoms with Crippen LogP contribution in [0.25, 0.3) is 0 Å². The number of benzene rings is 1. The molecule has 0 saturated heterocycles. The molecule has 1 unspecified atom stereocenters. The third kappa shape index (κ3) is 3.19. The number of nitriles is 1. The lowest BCUT2D eigenvalue weighted by atomic mass is 9.93. The molecule has 0 fully saturated rings. The van der Waals surface area contributed by atoms with E-state index in [4.69, 9.17) is 0 Å². The first-order valence-corrected chi connectivity index (χ1v) is 7.39. The highest BCUT2D eigenvalue weighted by atomic mass is 32.1. The first kappa shape index (κ1) is 14.6. The van der Waals surface area contributed by atoms with E-state index in [1.807, 2.05) is 61.6 Å². The molecule has 0 saturated carbocycles. The van der Waals surface area contributed by atoms with Crippen molar-refractivity contribution in [3.8, 4) is 6.07 Å². The van der Waals surface area contributed by atoms with Crippen LogP contribution in [0.5, 0.6) is 0 Å². The maximum Gasteiger partial charge on any atom is 0.129 e. The largest absolute Gasteiger partial charge is 0.378 e. The monoisotopic (exact) mass is 285 g/mol. The summed E-state index contributed by atoms with van der Waals surface area (Å²) < 4.78 is 0. The van der Waals surface area contributed by atoms with E-state index in [0.717, 1.165) is 11.3 Å². The number of thiophene rings is 1. The fourth-order valence-corrected chi connectivity index (χ4v) is 2.62. The summed E-state index contributed by atoms with van der Waals surface area (Å²) in [6, 6.07) is 14.6. The standard InChI is InChI=1S/C16H19N3S/c1-16(12-17,18-11-15-5-4-10-20-15)13-6-8-14(9-7-13)19(2)3/h4-10,18H,11H2,1-3H3. The van der Waals surface area contributed by atoms with Gasteiger partial charge in [-0.15, -0.1) is 11.3 Å². The van der Waals surface area contributed by atoms with Crippen LogP contribution < -0.4 is 10.2 Å². The van der Waals surface area contributed by atoms with Crippen molar-refractivity contribution in [3.63, 3.8) is 0 Å². The number of nitrogens with one attached hydrogen (secondary N) is 1. The fraction of sp³-hybridized carbons (Fsp3) is 0.312. The zero-order valence-electron chi connectivity index (χ0n) is 12.1. The molecular weight excluding hydrogens is 266 g/mol. The average Bonchev–Trinajstić information content (AvgIpc) is 2.98. The van der Waals surface area contributed by atoms with E-state index in [2.05, 4.69) is 17.5 Å². The molecule has 1 aromatic carbocycles. The summed E-state index contributed by atoms with van der Waals surface area (Å²) in [6.45, 7) is 2.63. The van der Waals surface area contributed by atoms with Crippen LogP contribution in [0.3, 0.4) is 0 Å². The van der Waals surface area contributed by atoms with E-state index in [0.29, 0.717) is 6.54 Å². The molecule has 0 aliphatic rings. The Morgan fingerprint density at radius 1 is 1.25 bits per heavy atom. The van der Waals surface area contributed by atoms with Crippen molar-refractivity contribution in [2.24, 2.45) is 0 Å². The molecule has 1 heterocycles. The van der Waals surface area contributed by atoms with Crippen molar-refractivity contribution in [1.82, 2.24) is 5.32 Å². The zero-order chi connectivity index (χ0) is 14.6. The Morgan fingerprint density at radius 2 is 1.95 bits per heavy atom. The van der Waals surface area contributed by atoms with Crippen LogP contribution in [0, 0.1) is 11.3 Å². The Hall–Kier alpha value is -1.83. The number of anilines is 1. The molecule has 2 aromatic rings. The van der Waals surface area contributed by atoms with Crippen LogP contribution >= 0.6 is 11.3 Å². The Labute approximate surface area is 124 Å². The normalized spacial score (nSPS) is 13.5. The van der Waals surface area contributed by atoms with E-state index < -0.39 is 5.54 Å². The van der Waals surface area contributed by atoms with Crippen molar-refractivity contribution in [3.05, 3.63) is 52.2 Å². The minimum atomic E-state index is -0.672. The van der Waals surface area contributed by atoms with Crippen molar-refractivity contribution in [2.75, 3.05) is 19.0 Å². The van der Waals surface area contributed by atoms with Crippen LogP contribution in [0.2, 0.25) is 0 Å². The molecule has 20 heavy (non-hydrogen) atoms. The predicted molar refractivity (Wildman–Crippen MR) is 84.9 cm³/mol. The molecular formula is C16H19N3S. The predicted octanol–water partition coefficient (Wildman–Crippen LogP) is 3.34. The van der Waals surface area contributed by atoms with Gasteiger partial charge >= 0.3 is 0 Å². The Kier molecular flexibility index (Phi) is 4.43. The quantitative estimate of drug-likeness (QED) is 0.915. The molecule has 0 amide bonds. The van der Waals surface area contributed by atoms with E-state index in [1.54, 1.807) is 11.3 Å². The fourth-order valence-electron chi connectivity index (χ4n) is 1.98. The number of nitrogens with zero attached hydrogens (tertiary/aromatic N) is 2. The molecule has 1 N–H and O–H groups in total. The summed E-state index contributed by atoms with van der Waals surface area (Å²) in [6.07, 6.45) is 0. The van der Waals surface area contributed by atoms with Crippen LogP contribution in [0.15, 0.2) is 41.8 Å². The first-order chi connectivity index (χ1) is 9.55. The van der Waals surface area contributed by atoms with Gasteiger partial charge in [0.2, 0.25) is 0 Å². The minimum absolute atomic E-state index is 0.672. The van der Waals surface area contributed by atoms with Crippen molar-refractivity contribution in [2.45, 2.75) is 19.0 Å². The van der Waals surface area contributed by atoms with E-state index >= 15 is 0 Å². The molecule has 1 aromatic heterocycles. The van der Waals surface area contributed by atoms with Gasteiger partial charge in [0.05, 0.1) is 6.07 Å². The SMILES string of the molecule is CN(C)c1ccc(C(C)(C#N)NCc2cccs2)cc1. The van der Waals surface area contributed by atoms with Crippen LogP contribution in [-0.4, -0.2) is 14.1 Å². The lowest BCUT2D eigenvalue weighted by Gasteiger charge is -2.24. The van der Waals surface area contributed by atoms with Gasteiger partial charge in [-0.05, 0) is 36.1 Å². The molecule has 0 aliphatic carbocycles. The van der Waals surface area contributed by atoms with Crippen LogP contribution in [0.1, 0.15) is 17.4 Å². The summed E-state index contributed by atoms with van der Waals surface area (Å²) >= 11 is 1.70. The summed E-state index contributed by atoms with van der Waals surface area (Å²) in [7, 11) is 4.01. The highest BCUT2D eigenvalue weighted by Gasteiger charge is 2.25. The third-order valence-corrected chi connectivity index (χ3v) is 4.26. The molecule has 2 rings (SSSR count). The van der Waals surface area contributed by atoms with Crippen molar-refractivity contribution < 1.29 is 0 Å². The van der Waals surface area contributed by atoms with Crippen molar-refractivity contribution in [1.29, 1.82) is 5.26 Å². The van der Waals surface area contributed by atoms with Crippen LogP contribution in [-0.2, 0) is 12.1 Å². The van der Waals surface area contributed by atoms with E-state index in [9.17, 15) is 5.26 Å². The number of hydrogen-bond acceptors (Lipinski definition) is 4. The lowest BCUT2D eigenvalue weighted by Crippen LogP contribution is -2.37. The Bertz CT molecular complexity index is 581. The third-order valence-electron chi connectivity index (χ3n) is 3.38. The second kappa shape index (κ2) is 6.08. The molecule has 3 nitrogen and oxygen atoms in total. The molecule has 0 aliphatic heterocycles.